The molecule has 1 N–H and O–H groups in total. The van der Waals surface area contributed by atoms with Crippen LogP contribution in [0.3, 0.4) is 0 Å². The number of likely N-dealkylation sites (tertiary alicyclic amines) is 1. The van der Waals surface area contributed by atoms with E-state index >= 15 is 0 Å². The second kappa shape index (κ2) is 4.11. The van der Waals surface area contributed by atoms with E-state index in [2.05, 4.69) is 10.00 Å². The molecule has 1 aromatic heterocycles. The van der Waals surface area contributed by atoms with Gasteiger partial charge in [0.05, 0.1) is 6.20 Å². The first kappa shape index (κ1) is 9.68. The molecule has 2 heterocycles. The first-order valence-electron chi connectivity index (χ1n) is 5.08. The monoisotopic (exact) mass is 195 g/mol. The topological polar surface area (TPSA) is 41.3 Å². The lowest BCUT2D eigenvalue weighted by molar-refractivity contribution is 0.220. The molecule has 1 unspecified atom stereocenters. The Bertz CT molecular complexity index is 297. The highest BCUT2D eigenvalue weighted by molar-refractivity contribution is 5.03. The lowest BCUT2D eigenvalue weighted by Crippen LogP contribution is -2.20. The van der Waals surface area contributed by atoms with Crippen LogP contribution in [0, 0.1) is 5.92 Å². The minimum absolute atomic E-state index is 0.323. The van der Waals surface area contributed by atoms with E-state index in [1.54, 1.807) is 0 Å². The van der Waals surface area contributed by atoms with Crippen LogP contribution in [-0.2, 0) is 13.6 Å². The van der Waals surface area contributed by atoms with Gasteiger partial charge in [0, 0.05) is 38.5 Å². The van der Waals surface area contributed by atoms with Crippen molar-refractivity contribution in [2.75, 3.05) is 19.7 Å². The molecule has 2 rings (SSSR count). The van der Waals surface area contributed by atoms with Gasteiger partial charge in [0.2, 0.25) is 0 Å². The van der Waals surface area contributed by atoms with Gasteiger partial charge < -0.3 is 5.11 Å². The Balaban J connectivity index is 1.87. The first-order valence-corrected chi connectivity index (χ1v) is 5.08. The molecular weight excluding hydrogens is 178 g/mol. The van der Waals surface area contributed by atoms with Crippen molar-refractivity contribution in [2.24, 2.45) is 13.0 Å². The lowest BCUT2D eigenvalue weighted by Gasteiger charge is -2.13. The quantitative estimate of drug-likeness (QED) is 0.751. The van der Waals surface area contributed by atoms with Gasteiger partial charge in [0.1, 0.15) is 0 Å². The lowest BCUT2D eigenvalue weighted by atomic mass is 10.1. The van der Waals surface area contributed by atoms with E-state index in [0.29, 0.717) is 12.5 Å². The summed E-state index contributed by atoms with van der Waals surface area (Å²) in [6, 6.07) is 0. The van der Waals surface area contributed by atoms with E-state index < -0.39 is 0 Å². The Kier molecular flexibility index (Phi) is 2.84. The molecule has 0 saturated carbocycles. The number of rotatable bonds is 3. The average Bonchev–Trinajstić information content (AvgIpc) is 2.76. The molecule has 1 aromatic rings. The van der Waals surface area contributed by atoms with E-state index in [4.69, 9.17) is 5.11 Å². The van der Waals surface area contributed by atoms with Crippen molar-refractivity contribution < 1.29 is 5.11 Å². The van der Waals surface area contributed by atoms with Gasteiger partial charge in [0.25, 0.3) is 0 Å². The third-order valence-corrected chi connectivity index (χ3v) is 2.79. The summed E-state index contributed by atoms with van der Waals surface area (Å²) >= 11 is 0. The Hall–Kier alpha value is -0.870. The maximum absolute atomic E-state index is 9.01. The summed E-state index contributed by atoms with van der Waals surface area (Å²) in [5.74, 6) is 0.478. The zero-order valence-corrected chi connectivity index (χ0v) is 8.56. The SMILES string of the molecule is Cn1cc(CN2CCC(CO)C2)cn1. The summed E-state index contributed by atoms with van der Waals surface area (Å²) in [7, 11) is 1.93. The molecule has 0 amide bonds. The fourth-order valence-electron chi connectivity index (χ4n) is 2.02. The van der Waals surface area contributed by atoms with Crippen LogP contribution in [0.25, 0.3) is 0 Å². The summed E-state index contributed by atoms with van der Waals surface area (Å²) in [5.41, 5.74) is 1.26. The molecule has 1 saturated heterocycles. The molecule has 0 radical (unpaired) electrons. The molecule has 1 aliphatic rings. The van der Waals surface area contributed by atoms with Crippen LogP contribution in [0.5, 0.6) is 0 Å². The maximum atomic E-state index is 9.01. The first-order chi connectivity index (χ1) is 6.78. The van der Waals surface area contributed by atoms with Gasteiger partial charge in [-0.1, -0.05) is 0 Å². The van der Waals surface area contributed by atoms with E-state index in [0.717, 1.165) is 26.1 Å². The second-order valence-electron chi connectivity index (χ2n) is 4.09. The fourth-order valence-corrected chi connectivity index (χ4v) is 2.02. The number of hydrogen-bond acceptors (Lipinski definition) is 3. The van der Waals surface area contributed by atoms with Crippen LogP contribution < -0.4 is 0 Å². The van der Waals surface area contributed by atoms with Crippen molar-refractivity contribution in [2.45, 2.75) is 13.0 Å². The predicted octanol–water partition coefficient (Wildman–Crippen LogP) is 0.234. The number of aliphatic hydroxyl groups is 1. The molecule has 78 valence electrons. The highest BCUT2D eigenvalue weighted by Gasteiger charge is 2.21. The highest BCUT2D eigenvalue weighted by Crippen LogP contribution is 2.17. The van der Waals surface area contributed by atoms with Crippen molar-refractivity contribution in [3.05, 3.63) is 18.0 Å². The van der Waals surface area contributed by atoms with E-state index in [1.165, 1.54) is 5.56 Å². The van der Waals surface area contributed by atoms with Gasteiger partial charge >= 0.3 is 0 Å². The van der Waals surface area contributed by atoms with Gasteiger partial charge in [-0.15, -0.1) is 0 Å². The Morgan fingerprint density at radius 2 is 2.50 bits per heavy atom. The summed E-state index contributed by atoms with van der Waals surface area (Å²) in [5, 5.41) is 13.1. The summed E-state index contributed by atoms with van der Waals surface area (Å²) in [4.78, 5) is 2.37. The smallest absolute Gasteiger partial charge is 0.0534 e. The molecule has 14 heavy (non-hydrogen) atoms. The molecule has 0 bridgehead atoms. The van der Waals surface area contributed by atoms with E-state index in [9.17, 15) is 0 Å². The van der Waals surface area contributed by atoms with Crippen molar-refractivity contribution in [3.8, 4) is 0 Å². The second-order valence-corrected chi connectivity index (χ2v) is 4.09. The molecular formula is C10H17N3O. The number of aromatic nitrogens is 2. The minimum Gasteiger partial charge on any atom is -0.396 e. The Morgan fingerprint density at radius 3 is 3.07 bits per heavy atom. The predicted molar refractivity (Wildman–Crippen MR) is 53.7 cm³/mol. The molecule has 1 atom stereocenters. The van der Waals surface area contributed by atoms with Crippen LogP contribution >= 0.6 is 0 Å². The molecule has 0 aromatic carbocycles. The number of nitrogens with zero attached hydrogens (tertiary/aromatic N) is 3. The van der Waals surface area contributed by atoms with Gasteiger partial charge in [-0.25, -0.2) is 0 Å². The van der Waals surface area contributed by atoms with Gasteiger partial charge in [-0.2, -0.15) is 5.10 Å². The average molecular weight is 195 g/mol. The highest BCUT2D eigenvalue weighted by atomic mass is 16.3. The zero-order valence-electron chi connectivity index (χ0n) is 8.56. The third kappa shape index (κ3) is 2.13. The van der Waals surface area contributed by atoms with Gasteiger partial charge in [0.15, 0.2) is 0 Å². The molecule has 4 heteroatoms. The number of hydrogen-bond donors (Lipinski definition) is 1. The van der Waals surface area contributed by atoms with E-state index in [-0.39, 0.29) is 0 Å². The summed E-state index contributed by atoms with van der Waals surface area (Å²) in [6.45, 7) is 3.40. The van der Waals surface area contributed by atoms with Crippen LogP contribution in [0.4, 0.5) is 0 Å². The number of aliphatic hydroxyl groups excluding tert-OH is 1. The van der Waals surface area contributed by atoms with E-state index in [1.807, 2.05) is 24.1 Å². The van der Waals surface area contributed by atoms with Crippen LogP contribution in [0.2, 0.25) is 0 Å². The Morgan fingerprint density at radius 1 is 1.64 bits per heavy atom. The molecule has 4 nitrogen and oxygen atoms in total. The van der Waals surface area contributed by atoms with Crippen molar-refractivity contribution >= 4 is 0 Å². The molecule has 1 fully saturated rings. The van der Waals surface area contributed by atoms with Crippen molar-refractivity contribution in [1.82, 2.24) is 14.7 Å². The van der Waals surface area contributed by atoms with Gasteiger partial charge in [-0.05, 0) is 18.9 Å². The van der Waals surface area contributed by atoms with Crippen LogP contribution in [0.15, 0.2) is 12.4 Å². The van der Waals surface area contributed by atoms with Gasteiger partial charge in [-0.3, -0.25) is 9.58 Å². The summed E-state index contributed by atoms with van der Waals surface area (Å²) in [6.07, 6.45) is 5.08. The summed E-state index contributed by atoms with van der Waals surface area (Å²) < 4.78 is 1.83. The van der Waals surface area contributed by atoms with Crippen LogP contribution in [-0.4, -0.2) is 39.5 Å². The molecule has 0 spiro atoms. The maximum Gasteiger partial charge on any atom is 0.0534 e. The largest absolute Gasteiger partial charge is 0.396 e. The van der Waals surface area contributed by atoms with Crippen molar-refractivity contribution in [3.63, 3.8) is 0 Å². The Labute approximate surface area is 84.1 Å². The van der Waals surface area contributed by atoms with Crippen molar-refractivity contribution in [1.29, 1.82) is 0 Å². The fraction of sp³-hybridized carbons (Fsp3) is 0.700. The molecule has 1 aliphatic heterocycles. The number of aryl methyl sites for hydroxylation is 1. The minimum atomic E-state index is 0.323. The standard InChI is InChI=1S/C10H17N3O/c1-12-5-10(4-11-12)7-13-3-2-9(6-13)8-14/h4-5,9,14H,2-3,6-8H2,1H3. The molecule has 0 aliphatic carbocycles. The van der Waals surface area contributed by atoms with Crippen LogP contribution in [0.1, 0.15) is 12.0 Å². The third-order valence-electron chi connectivity index (χ3n) is 2.79. The zero-order chi connectivity index (χ0) is 9.97. The normalized spacial score (nSPS) is 23.1.